The van der Waals surface area contributed by atoms with Crippen LogP contribution in [0.25, 0.3) is 22.2 Å². The standard InChI is InChI=1S/C32H26ClF5N4O5/c1-30(29(39)44)13-47-27-19(30)9-24(42-26(27)18-8-20(33)22(35)10-21(18)34)31(45,16-3-4-16)12-41-28(43)15-5-14-6-17(32(36,37)38)11-40-25(14)23(7-15)46-2/h5-11,16,45H,3-4,12-13H2,1-2H3,(H2,39,44)(H,41,43)/t30-,31+/m0/s1. The van der Waals surface area contributed by atoms with E-state index in [1.54, 1.807) is 0 Å². The van der Waals surface area contributed by atoms with Crippen LogP contribution >= 0.6 is 11.6 Å². The van der Waals surface area contributed by atoms with Gasteiger partial charge >= 0.3 is 6.18 Å². The van der Waals surface area contributed by atoms with Gasteiger partial charge in [0.1, 0.15) is 52.0 Å². The summed E-state index contributed by atoms with van der Waals surface area (Å²) in [5.74, 6) is -3.97. The zero-order valence-corrected chi connectivity index (χ0v) is 25.5. The molecule has 1 aliphatic heterocycles. The maximum atomic E-state index is 15.2. The fourth-order valence-corrected chi connectivity index (χ4v) is 5.84. The summed E-state index contributed by atoms with van der Waals surface area (Å²) in [5.41, 5.74) is 1.15. The molecule has 2 aromatic heterocycles. The van der Waals surface area contributed by atoms with Gasteiger partial charge < -0.3 is 25.6 Å². The molecule has 9 nitrogen and oxygen atoms in total. The highest BCUT2D eigenvalue weighted by molar-refractivity contribution is 6.31. The molecular formula is C32H26ClF5N4O5. The first-order valence-corrected chi connectivity index (χ1v) is 14.6. The van der Waals surface area contributed by atoms with Crippen LogP contribution in [-0.2, 0) is 22.0 Å². The Morgan fingerprint density at radius 3 is 2.51 bits per heavy atom. The monoisotopic (exact) mass is 676 g/mol. The number of nitrogens with zero attached hydrogens (tertiary/aromatic N) is 2. The van der Waals surface area contributed by atoms with Crippen LogP contribution in [0.15, 0.2) is 42.6 Å². The van der Waals surface area contributed by atoms with Crippen molar-refractivity contribution in [3.8, 4) is 22.8 Å². The number of aromatic nitrogens is 2. The summed E-state index contributed by atoms with van der Waals surface area (Å²) >= 11 is 5.97. The molecule has 4 aromatic rings. The van der Waals surface area contributed by atoms with Gasteiger partial charge in [0.05, 0.1) is 29.9 Å². The minimum Gasteiger partial charge on any atom is -0.494 e. The van der Waals surface area contributed by atoms with Crippen LogP contribution in [0.2, 0.25) is 5.02 Å². The number of ether oxygens (including phenoxy) is 2. The number of hydrogen-bond donors (Lipinski definition) is 3. The summed E-state index contributed by atoms with van der Waals surface area (Å²) in [6.07, 6.45) is -2.96. The lowest BCUT2D eigenvalue weighted by Crippen LogP contribution is -2.44. The summed E-state index contributed by atoms with van der Waals surface area (Å²) in [4.78, 5) is 34.4. The SMILES string of the molecule is COc1cc(C(=O)NC[C@](O)(c2cc3c(c(-c4cc(Cl)c(F)cc4F)n2)OC[C@]3(C)C(N)=O)C2CC2)cc2cc(C(F)(F)F)cnc12. The number of fused-ring (bicyclic) bond motifs is 2. The average Bonchev–Trinajstić information content (AvgIpc) is 3.83. The van der Waals surface area contributed by atoms with Gasteiger partial charge in [0.25, 0.3) is 5.91 Å². The van der Waals surface area contributed by atoms with Gasteiger partial charge in [0.2, 0.25) is 5.91 Å². The molecule has 1 aliphatic carbocycles. The molecule has 1 fully saturated rings. The molecule has 246 valence electrons. The maximum Gasteiger partial charge on any atom is 0.417 e. The Morgan fingerprint density at radius 2 is 1.87 bits per heavy atom. The Bertz CT molecular complexity index is 1970. The fourth-order valence-electron chi connectivity index (χ4n) is 5.68. The number of pyridine rings is 2. The first-order valence-electron chi connectivity index (χ1n) is 14.3. The van der Waals surface area contributed by atoms with Gasteiger partial charge in [-0.05, 0) is 56.0 Å². The van der Waals surface area contributed by atoms with E-state index in [2.05, 4.69) is 15.3 Å². The quantitative estimate of drug-likeness (QED) is 0.168. The van der Waals surface area contributed by atoms with E-state index in [-0.39, 0.29) is 57.1 Å². The smallest absolute Gasteiger partial charge is 0.417 e. The Labute approximate surface area is 268 Å². The van der Waals surface area contributed by atoms with Crippen LogP contribution in [0.4, 0.5) is 22.0 Å². The van der Waals surface area contributed by atoms with Crippen molar-refractivity contribution in [1.82, 2.24) is 15.3 Å². The van der Waals surface area contributed by atoms with E-state index >= 15 is 4.39 Å². The normalized spacial score (nSPS) is 18.7. The van der Waals surface area contributed by atoms with E-state index in [0.29, 0.717) is 25.1 Å². The van der Waals surface area contributed by atoms with Crippen molar-refractivity contribution < 1.29 is 46.1 Å². The number of nitrogens with two attached hydrogens (primary N) is 1. The van der Waals surface area contributed by atoms with Crippen molar-refractivity contribution in [2.45, 2.75) is 37.0 Å². The highest BCUT2D eigenvalue weighted by Gasteiger charge is 2.50. The lowest BCUT2D eigenvalue weighted by Gasteiger charge is -2.30. The molecule has 47 heavy (non-hydrogen) atoms. The molecule has 15 heteroatoms. The maximum absolute atomic E-state index is 15.2. The van der Waals surface area contributed by atoms with E-state index in [4.69, 9.17) is 26.8 Å². The summed E-state index contributed by atoms with van der Waals surface area (Å²) in [5, 5.41) is 14.3. The fraction of sp³-hybridized carbons (Fsp3) is 0.312. The number of hydrogen-bond acceptors (Lipinski definition) is 7. The van der Waals surface area contributed by atoms with Crippen molar-refractivity contribution in [3.05, 3.63) is 81.6 Å². The minimum atomic E-state index is -4.67. The summed E-state index contributed by atoms with van der Waals surface area (Å²) in [6, 6.07) is 6.35. The second-order valence-electron chi connectivity index (χ2n) is 11.8. The molecule has 6 rings (SSSR count). The van der Waals surface area contributed by atoms with Crippen molar-refractivity contribution in [2.24, 2.45) is 11.7 Å². The number of alkyl halides is 3. The molecule has 0 unspecified atom stereocenters. The zero-order chi connectivity index (χ0) is 34.1. The predicted molar refractivity (Wildman–Crippen MR) is 159 cm³/mol. The molecule has 0 radical (unpaired) electrons. The highest BCUT2D eigenvalue weighted by Crippen LogP contribution is 2.50. The Balaban J connectivity index is 1.41. The minimum absolute atomic E-state index is 0.00238. The summed E-state index contributed by atoms with van der Waals surface area (Å²) in [6.45, 7) is 0.843. The lowest BCUT2D eigenvalue weighted by atomic mass is 9.81. The van der Waals surface area contributed by atoms with E-state index in [1.165, 1.54) is 32.2 Å². The molecule has 3 heterocycles. The van der Waals surface area contributed by atoms with Crippen molar-refractivity contribution in [2.75, 3.05) is 20.3 Å². The topological polar surface area (TPSA) is 137 Å². The Kier molecular flexibility index (Phi) is 7.79. The number of primary amides is 1. The van der Waals surface area contributed by atoms with Gasteiger partial charge in [-0.25, -0.2) is 13.8 Å². The lowest BCUT2D eigenvalue weighted by molar-refractivity contribution is -0.137. The highest BCUT2D eigenvalue weighted by atomic mass is 35.5. The van der Waals surface area contributed by atoms with Crippen LogP contribution in [0.5, 0.6) is 11.5 Å². The second kappa shape index (κ2) is 11.3. The van der Waals surface area contributed by atoms with E-state index < -0.39 is 63.7 Å². The third kappa shape index (κ3) is 5.58. The van der Waals surface area contributed by atoms with Crippen molar-refractivity contribution in [1.29, 1.82) is 0 Å². The number of rotatable bonds is 8. The van der Waals surface area contributed by atoms with Crippen LogP contribution in [0, 0.1) is 17.6 Å². The molecule has 0 saturated heterocycles. The predicted octanol–water partition coefficient (Wildman–Crippen LogP) is 5.42. The molecule has 2 aromatic carbocycles. The number of aliphatic hydroxyl groups is 1. The molecule has 0 bridgehead atoms. The summed E-state index contributed by atoms with van der Waals surface area (Å²) < 4.78 is 80.3. The number of carbonyl (C=O) groups is 2. The number of methoxy groups -OCH3 is 1. The second-order valence-corrected chi connectivity index (χ2v) is 12.2. The Hall–Kier alpha value is -4.56. The van der Waals surface area contributed by atoms with Gasteiger partial charge in [-0.3, -0.25) is 14.6 Å². The number of carbonyl (C=O) groups excluding carboxylic acids is 2. The third-order valence-electron chi connectivity index (χ3n) is 8.65. The first-order chi connectivity index (χ1) is 22.1. The molecule has 2 aliphatic rings. The third-order valence-corrected chi connectivity index (χ3v) is 8.94. The molecule has 2 atom stereocenters. The summed E-state index contributed by atoms with van der Waals surface area (Å²) in [7, 11) is 1.28. The van der Waals surface area contributed by atoms with Crippen LogP contribution in [0.3, 0.4) is 0 Å². The van der Waals surface area contributed by atoms with Crippen molar-refractivity contribution in [3.63, 3.8) is 0 Å². The van der Waals surface area contributed by atoms with E-state index in [1.807, 2.05) is 0 Å². The number of nitrogens with one attached hydrogen (secondary N) is 1. The zero-order valence-electron chi connectivity index (χ0n) is 24.8. The molecule has 1 saturated carbocycles. The number of benzene rings is 2. The van der Waals surface area contributed by atoms with E-state index in [9.17, 15) is 32.3 Å². The van der Waals surface area contributed by atoms with E-state index in [0.717, 1.165) is 12.1 Å². The molecule has 4 N–H and O–H groups in total. The van der Waals surface area contributed by atoms with Gasteiger partial charge in [0.15, 0.2) is 0 Å². The van der Waals surface area contributed by atoms with Crippen molar-refractivity contribution >= 4 is 34.3 Å². The Morgan fingerprint density at radius 1 is 1.15 bits per heavy atom. The average molecular weight is 677 g/mol. The largest absolute Gasteiger partial charge is 0.494 e. The number of amides is 2. The number of halogens is 6. The van der Waals surface area contributed by atoms with Gasteiger partial charge in [-0.1, -0.05) is 11.6 Å². The first kappa shape index (κ1) is 32.4. The van der Waals surface area contributed by atoms with Crippen LogP contribution < -0.4 is 20.5 Å². The van der Waals surface area contributed by atoms with Gasteiger partial charge in [0, 0.05) is 34.3 Å². The molecular weight excluding hydrogens is 651 g/mol. The molecule has 2 amide bonds. The van der Waals surface area contributed by atoms with Gasteiger partial charge in [-0.15, -0.1) is 0 Å². The van der Waals surface area contributed by atoms with Gasteiger partial charge in [-0.2, -0.15) is 13.2 Å². The molecule has 0 spiro atoms. The van der Waals surface area contributed by atoms with Crippen LogP contribution in [0.1, 0.15) is 46.9 Å². The van der Waals surface area contributed by atoms with Crippen LogP contribution in [-0.4, -0.2) is 47.2 Å².